The Hall–Kier alpha value is -7.09. The van der Waals surface area contributed by atoms with Gasteiger partial charge in [-0.2, -0.15) is 0 Å². The second-order valence-corrected chi connectivity index (χ2v) is 20.5. The second-order valence-electron chi connectivity index (χ2n) is 20.5. The molecule has 0 heterocycles. The van der Waals surface area contributed by atoms with Crippen molar-refractivity contribution in [1.29, 1.82) is 0 Å². The van der Waals surface area contributed by atoms with Crippen molar-refractivity contribution in [2.75, 3.05) is 66.5 Å². The summed E-state index contributed by atoms with van der Waals surface area (Å²) >= 11 is 0. The summed E-state index contributed by atoms with van der Waals surface area (Å²) in [6.07, 6.45) is -1.73. The molecule has 0 spiro atoms. The van der Waals surface area contributed by atoms with Gasteiger partial charge in [0.15, 0.2) is 0 Å². The van der Waals surface area contributed by atoms with Crippen LogP contribution in [0.4, 0.5) is 14.4 Å². The van der Waals surface area contributed by atoms with E-state index >= 15 is 0 Å². The number of likely N-dealkylation sites (N-methyl/N-ethyl adjacent to an activating group) is 1. The highest BCUT2D eigenvalue weighted by molar-refractivity contribution is 5.94. The number of benzene rings is 2. The Bertz CT molecular complexity index is 2110. The van der Waals surface area contributed by atoms with Crippen molar-refractivity contribution >= 4 is 53.8 Å². The molecule has 0 fully saturated rings. The number of carboxylic acids is 1. The molecule has 2 unspecified atom stereocenters. The van der Waals surface area contributed by atoms with E-state index in [4.69, 9.17) is 31.4 Å². The average Bonchev–Trinajstić information content (AvgIpc) is 3.34. The molecule has 0 radical (unpaired) electrons. The summed E-state index contributed by atoms with van der Waals surface area (Å²) in [5, 5.41) is 24.9. The Balaban J connectivity index is 0.00000167. The fourth-order valence-corrected chi connectivity index (χ4v) is 6.78. The predicted molar refractivity (Wildman–Crippen MR) is 295 cm³/mol. The molecule has 25 nitrogen and oxygen atoms in total. The van der Waals surface area contributed by atoms with Gasteiger partial charge in [0.2, 0.25) is 29.5 Å². The summed E-state index contributed by atoms with van der Waals surface area (Å²) in [7, 11) is 3.00. The molecule has 15 N–H and O–H groups in total. The lowest BCUT2D eigenvalue weighted by molar-refractivity contribution is -0.142. The van der Waals surface area contributed by atoms with E-state index in [-0.39, 0.29) is 50.8 Å². The Morgan fingerprint density at radius 2 is 0.910 bits per heavy atom. The molecule has 0 aromatic heterocycles. The van der Waals surface area contributed by atoms with E-state index in [1.165, 1.54) is 23.9 Å². The van der Waals surface area contributed by atoms with E-state index in [1.807, 2.05) is 60.7 Å². The average molecular weight is 1100 g/mol. The van der Waals surface area contributed by atoms with Crippen LogP contribution >= 0.6 is 0 Å². The van der Waals surface area contributed by atoms with Gasteiger partial charge in [0, 0.05) is 59.4 Å². The molecular formula is C53H90N12O13. The third-order valence-electron chi connectivity index (χ3n) is 10.3. The third-order valence-corrected chi connectivity index (χ3v) is 10.3. The Morgan fingerprint density at radius 1 is 0.526 bits per heavy atom. The molecule has 4 atom stereocenters. The lowest BCUT2D eigenvalue weighted by Gasteiger charge is -2.28. The van der Waals surface area contributed by atoms with E-state index < -0.39 is 89.4 Å². The largest absolute Gasteiger partial charge is 0.480 e. The van der Waals surface area contributed by atoms with Crippen molar-refractivity contribution in [3.8, 4) is 0 Å². The van der Waals surface area contributed by atoms with Gasteiger partial charge in [-0.3, -0.25) is 24.0 Å². The molecule has 2 rings (SSSR count). The number of aliphatic carboxylic acids is 1. The molecule has 0 saturated carbocycles. The topological polar surface area (TPSA) is 384 Å². The summed E-state index contributed by atoms with van der Waals surface area (Å²) in [6.45, 7) is 16.2. The van der Waals surface area contributed by atoms with Crippen LogP contribution in [0.5, 0.6) is 0 Å². The Labute approximate surface area is 459 Å². The minimum Gasteiger partial charge on any atom is -0.480 e. The first-order valence-corrected chi connectivity index (χ1v) is 25.8. The summed E-state index contributed by atoms with van der Waals surface area (Å²) in [6, 6.07) is 14.1. The smallest absolute Gasteiger partial charge is 0.408 e. The highest BCUT2D eigenvalue weighted by atomic mass is 16.6. The van der Waals surface area contributed by atoms with Crippen LogP contribution in [0.3, 0.4) is 0 Å². The van der Waals surface area contributed by atoms with Crippen molar-refractivity contribution in [2.45, 2.75) is 142 Å². The van der Waals surface area contributed by atoms with E-state index in [1.54, 1.807) is 62.3 Å². The van der Waals surface area contributed by atoms with Crippen molar-refractivity contribution in [3.63, 3.8) is 0 Å². The maximum Gasteiger partial charge on any atom is 0.408 e. The van der Waals surface area contributed by atoms with Crippen LogP contribution in [0.25, 0.3) is 0 Å². The number of carboxylic acid groups (broad SMARTS) is 1. The molecule has 25 heteroatoms. The van der Waals surface area contributed by atoms with Gasteiger partial charge < -0.3 is 84.0 Å². The molecule has 0 bridgehead atoms. The summed E-state index contributed by atoms with van der Waals surface area (Å²) < 4.78 is 15.8. The van der Waals surface area contributed by atoms with E-state index in [2.05, 4.69) is 37.6 Å². The number of nitrogens with zero attached hydrogens (tertiary/aromatic N) is 2. The van der Waals surface area contributed by atoms with E-state index in [0.29, 0.717) is 45.4 Å². The second kappa shape index (κ2) is 36.9. The zero-order chi connectivity index (χ0) is 59.6. The number of alkyl carbamates (subject to hydrolysis) is 3. The summed E-state index contributed by atoms with van der Waals surface area (Å²) in [4.78, 5) is 116. The Kier molecular flexibility index (Phi) is 33.5. The zero-order valence-corrected chi connectivity index (χ0v) is 47.5. The van der Waals surface area contributed by atoms with Crippen molar-refractivity contribution in [1.82, 2.24) is 41.7 Å². The number of ether oxygens (including phenoxy) is 3. The van der Waals surface area contributed by atoms with Gasteiger partial charge in [0.05, 0.1) is 18.9 Å². The highest BCUT2D eigenvalue weighted by Gasteiger charge is 2.32. The van der Waals surface area contributed by atoms with Crippen molar-refractivity contribution < 1.29 is 62.5 Å². The maximum atomic E-state index is 13.6. The molecule has 8 amide bonds. The van der Waals surface area contributed by atoms with E-state index in [9.17, 15) is 48.3 Å². The van der Waals surface area contributed by atoms with Gasteiger partial charge in [-0.15, -0.1) is 0 Å². The number of carbonyl (C=O) groups is 9. The van der Waals surface area contributed by atoms with Crippen LogP contribution in [-0.2, 0) is 55.8 Å². The number of nitrogens with one attached hydrogen (secondary N) is 6. The van der Waals surface area contributed by atoms with Crippen molar-refractivity contribution in [2.24, 2.45) is 22.9 Å². The van der Waals surface area contributed by atoms with Crippen LogP contribution in [0.1, 0.15) is 99.1 Å². The molecule has 0 aliphatic heterocycles. The van der Waals surface area contributed by atoms with Gasteiger partial charge in [-0.25, -0.2) is 19.2 Å². The highest BCUT2D eigenvalue weighted by Crippen LogP contribution is 2.12. The first kappa shape index (κ1) is 70.9. The fraction of sp³-hybridized carbons (Fsp3) is 0.604. The first-order valence-electron chi connectivity index (χ1n) is 25.8. The molecule has 0 aliphatic rings. The molecular weight excluding hydrogens is 1010 g/mol. The first-order chi connectivity index (χ1) is 36.5. The fourth-order valence-electron chi connectivity index (χ4n) is 6.78. The number of amides is 8. The Morgan fingerprint density at radius 3 is 1.31 bits per heavy atom. The molecule has 0 aliphatic carbocycles. The summed E-state index contributed by atoms with van der Waals surface area (Å²) in [5.41, 5.74) is 20.9. The van der Waals surface area contributed by atoms with Gasteiger partial charge >= 0.3 is 24.2 Å². The molecule has 2 aromatic carbocycles. The lowest BCUT2D eigenvalue weighted by Crippen LogP contribution is -2.54. The van der Waals surface area contributed by atoms with E-state index in [0.717, 1.165) is 11.1 Å². The SMILES string of the molecule is CC(C)(C)OC(=O)NCCN(CCNC(=O)OC(C)(C)C)C(=O)CC(NC(=O)OC(C)(C)C)C(=O)N[C@@H](CCc1ccccc1)C(=O)O.CN.CNC(=O)[C@H](CCc1ccccc1)NC(=O)C(N)CC(=O)N(CCN)CCN. The number of carbonyl (C=O) groups excluding carboxylic acids is 8. The zero-order valence-electron chi connectivity index (χ0n) is 47.5. The summed E-state index contributed by atoms with van der Waals surface area (Å²) in [5.74, 6) is -3.98. The number of hydrogen-bond acceptors (Lipinski definition) is 16. The van der Waals surface area contributed by atoms with Crippen LogP contribution in [0.15, 0.2) is 60.7 Å². The van der Waals surface area contributed by atoms with Crippen LogP contribution in [-0.4, -0.2) is 176 Å². The molecule has 440 valence electrons. The predicted octanol–water partition coefficient (Wildman–Crippen LogP) is 1.24. The van der Waals surface area contributed by atoms with Crippen molar-refractivity contribution in [3.05, 3.63) is 71.8 Å². The molecule has 0 saturated heterocycles. The lowest BCUT2D eigenvalue weighted by atomic mass is 10.0. The van der Waals surface area contributed by atoms with Gasteiger partial charge in [-0.05, 0) is 106 Å². The monoisotopic (exact) mass is 1100 g/mol. The van der Waals surface area contributed by atoms with Gasteiger partial charge in [0.1, 0.15) is 34.9 Å². The number of aryl methyl sites for hydroxylation is 2. The van der Waals surface area contributed by atoms with Crippen LogP contribution < -0.4 is 54.8 Å². The molecule has 78 heavy (non-hydrogen) atoms. The minimum absolute atomic E-state index is 0.0377. The number of nitrogens with two attached hydrogens (primary N) is 4. The normalized spacial score (nSPS) is 12.6. The van der Waals surface area contributed by atoms with Gasteiger partial charge in [0.25, 0.3) is 0 Å². The number of rotatable bonds is 27. The standard InChI is InChI=1S/C33H53N5O10.C19H32N6O3.CH5N/c1-31(2,3)46-28(43)34-17-19-38(20-18-35-29(44)47-32(4,5)6)25(39)21-24(37-30(45)48-33(7,8)9)26(40)36-23(27(41)42)16-15-22-13-11-10-12-14-22;1-23-19(28)16(8-7-14-5-3-2-4-6-14)24-18(27)15(22)13-17(26)25(11-9-20)12-10-21;1-2/h10-14,23-24H,15-21H2,1-9H3,(H,34,43)(H,35,44)(H,36,40)(H,37,45)(H,41,42);2-6,15-16H,7-13,20-22H2,1H3,(H,23,28)(H,24,27);2H2,1H3/t23-,24?;15?,16-;/m00./s1. The molecule has 2 aromatic rings. The minimum atomic E-state index is -1.52. The third kappa shape index (κ3) is 33.2. The van der Waals surface area contributed by atoms with Gasteiger partial charge in [-0.1, -0.05) is 60.7 Å². The quantitative estimate of drug-likeness (QED) is 0.0561. The number of hydrogen-bond donors (Lipinski definition) is 11. The van der Waals surface area contributed by atoms with Crippen LogP contribution in [0, 0.1) is 0 Å². The maximum absolute atomic E-state index is 13.6. The van der Waals surface area contributed by atoms with Crippen LogP contribution in [0.2, 0.25) is 0 Å².